The topological polar surface area (TPSA) is 38.7 Å². The average molecular weight is 244 g/mol. The van der Waals surface area contributed by atoms with E-state index in [4.69, 9.17) is 4.74 Å². The molecule has 4 heteroatoms. The minimum absolute atomic E-state index is 0.127. The molecule has 0 saturated carbocycles. The highest BCUT2D eigenvalue weighted by atomic mass is 79.9. The number of ether oxygens (including phenoxy) is 1. The second-order valence-electron chi connectivity index (χ2n) is 2.87. The summed E-state index contributed by atoms with van der Waals surface area (Å²) in [4.78, 5) is 10.2. The van der Waals surface area contributed by atoms with Crippen LogP contribution in [0.4, 0.5) is 5.69 Å². The standard InChI is InChI=1S/C9H10BrNO2/c1-6(2)13-7-3-4-9(11-12)8(10)5-7/h3-6H,1-2H3. The van der Waals surface area contributed by atoms with Crippen molar-refractivity contribution < 1.29 is 4.74 Å². The largest absolute Gasteiger partial charge is 0.491 e. The summed E-state index contributed by atoms with van der Waals surface area (Å²) in [6.07, 6.45) is 0.127. The van der Waals surface area contributed by atoms with Crippen LogP contribution in [0.3, 0.4) is 0 Å². The Morgan fingerprint density at radius 1 is 1.46 bits per heavy atom. The lowest BCUT2D eigenvalue weighted by Crippen LogP contribution is -2.05. The predicted octanol–water partition coefficient (Wildman–Crippen LogP) is 3.63. The SMILES string of the molecule is CC(C)Oc1ccc(N=O)c(Br)c1. The van der Waals surface area contributed by atoms with E-state index in [1.54, 1.807) is 18.2 Å². The van der Waals surface area contributed by atoms with Crippen molar-refractivity contribution in [3.8, 4) is 5.75 Å². The van der Waals surface area contributed by atoms with Crippen LogP contribution in [0.25, 0.3) is 0 Å². The maximum atomic E-state index is 10.2. The summed E-state index contributed by atoms with van der Waals surface area (Å²) in [5.74, 6) is 0.731. The number of nitroso groups, excluding NO2 is 1. The third kappa shape index (κ3) is 2.81. The first-order chi connectivity index (χ1) is 6.13. The van der Waals surface area contributed by atoms with Gasteiger partial charge in [0.1, 0.15) is 11.4 Å². The average Bonchev–Trinajstić information content (AvgIpc) is 2.03. The molecule has 0 atom stereocenters. The zero-order chi connectivity index (χ0) is 9.84. The Kier molecular flexibility index (Phi) is 3.42. The summed E-state index contributed by atoms with van der Waals surface area (Å²) < 4.78 is 6.07. The second-order valence-corrected chi connectivity index (χ2v) is 3.73. The van der Waals surface area contributed by atoms with Crippen LogP contribution in [0, 0.1) is 4.91 Å². The van der Waals surface area contributed by atoms with Crippen molar-refractivity contribution in [2.24, 2.45) is 5.18 Å². The number of nitrogens with zero attached hydrogens (tertiary/aromatic N) is 1. The summed E-state index contributed by atoms with van der Waals surface area (Å²) in [6.45, 7) is 3.89. The minimum atomic E-state index is 0.127. The summed E-state index contributed by atoms with van der Waals surface area (Å²) in [5.41, 5.74) is 0.385. The molecule has 0 heterocycles. The molecular weight excluding hydrogens is 234 g/mol. The first kappa shape index (κ1) is 10.2. The van der Waals surface area contributed by atoms with E-state index in [-0.39, 0.29) is 6.10 Å². The van der Waals surface area contributed by atoms with E-state index in [1.807, 2.05) is 13.8 Å². The van der Waals surface area contributed by atoms with Gasteiger partial charge in [0.05, 0.1) is 10.6 Å². The molecule has 70 valence electrons. The number of hydrogen-bond acceptors (Lipinski definition) is 3. The van der Waals surface area contributed by atoms with Crippen molar-refractivity contribution in [1.29, 1.82) is 0 Å². The second kappa shape index (κ2) is 4.37. The number of halogens is 1. The Balaban J connectivity index is 2.89. The Bertz CT molecular complexity index is 312. The Morgan fingerprint density at radius 2 is 2.15 bits per heavy atom. The van der Waals surface area contributed by atoms with Gasteiger partial charge in [0.25, 0.3) is 0 Å². The molecule has 0 bridgehead atoms. The highest BCUT2D eigenvalue weighted by molar-refractivity contribution is 9.10. The Morgan fingerprint density at radius 3 is 2.62 bits per heavy atom. The van der Waals surface area contributed by atoms with E-state index in [0.717, 1.165) is 5.75 Å². The smallest absolute Gasteiger partial charge is 0.122 e. The molecule has 0 aliphatic heterocycles. The van der Waals surface area contributed by atoms with Gasteiger partial charge in [-0.15, -0.1) is 4.91 Å². The van der Waals surface area contributed by atoms with Crippen molar-refractivity contribution in [1.82, 2.24) is 0 Å². The summed E-state index contributed by atoms with van der Waals surface area (Å²) in [6, 6.07) is 5.08. The highest BCUT2D eigenvalue weighted by Crippen LogP contribution is 2.29. The highest BCUT2D eigenvalue weighted by Gasteiger charge is 2.03. The Labute approximate surface area is 85.2 Å². The van der Waals surface area contributed by atoms with Gasteiger partial charge in [-0.2, -0.15) is 0 Å². The van der Waals surface area contributed by atoms with Crippen LogP contribution in [-0.2, 0) is 0 Å². The van der Waals surface area contributed by atoms with Crippen molar-refractivity contribution >= 4 is 21.6 Å². The minimum Gasteiger partial charge on any atom is -0.491 e. The summed E-state index contributed by atoms with van der Waals surface area (Å²) in [5, 5.41) is 2.84. The zero-order valence-electron chi connectivity index (χ0n) is 7.45. The molecule has 1 aromatic rings. The van der Waals surface area contributed by atoms with Crippen LogP contribution in [0.15, 0.2) is 27.8 Å². The molecule has 0 amide bonds. The van der Waals surface area contributed by atoms with Crippen LogP contribution >= 0.6 is 15.9 Å². The first-order valence-corrected chi connectivity index (χ1v) is 4.72. The lowest BCUT2D eigenvalue weighted by Gasteiger charge is -2.09. The maximum Gasteiger partial charge on any atom is 0.122 e. The number of benzene rings is 1. The molecule has 0 N–H and O–H groups in total. The molecule has 0 radical (unpaired) electrons. The number of hydrogen-bond donors (Lipinski definition) is 0. The lowest BCUT2D eigenvalue weighted by molar-refractivity contribution is 0.242. The molecule has 0 aliphatic rings. The molecular formula is C9H10BrNO2. The van der Waals surface area contributed by atoms with Gasteiger partial charge in [-0.3, -0.25) is 0 Å². The molecule has 0 aliphatic carbocycles. The normalized spacial score (nSPS) is 10.2. The van der Waals surface area contributed by atoms with E-state index >= 15 is 0 Å². The molecule has 1 rings (SSSR count). The van der Waals surface area contributed by atoms with Gasteiger partial charge in [0.15, 0.2) is 0 Å². The van der Waals surface area contributed by atoms with Gasteiger partial charge in [-0.05, 0) is 53.2 Å². The lowest BCUT2D eigenvalue weighted by atomic mass is 10.3. The third-order valence-electron chi connectivity index (χ3n) is 1.39. The van der Waals surface area contributed by atoms with E-state index < -0.39 is 0 Å². The fourth-order valence-corrected chi connectivity index (χ4v) is 1.34. The van der Waals surface area contributed by atoms with E-state index in [0.29, 0.717) is 10.2 Å². The van der Waals surface area contributed by atoms with Crippen molar-refractivity contribution in [2.75, 3.05) is 0 Å². The molecule has 3 nitrogen and oxygen atoms in total. The van der Waals surface area contributed by atoms with Gasteiger partial charge < -0.3 is 4.74 Å². The van der Waals surface area contributed by atoms with Gasteiger partial charge in [0.2, 0.25) is 0 Å². The van der Waals surface area contributed by atoms with Gasteiger partial charge >= 0.3 is 0 Å². The van der Waals surface area contributed by atoms with Crippen molar-refractivity contribution in [3.63, 3.8) is 0 Å². The first-order valence-electron chi connectivity index (χ1n) is 3.93. The molecule has 0 spiro atoms. The number of rotatable bonds is 3. The molecule has 0 aromatic heterocycles. The predicted molar refractivity (Wildman–Crippen MR) is 55.4 cm³/mol. The van der Waals surface area contributed by atoms with E-state index in [2.05, 4.69) is 21.1 Å². The van der Waals surface area contributed by atoms with Gasteiger partial charge in [-0.25, -0.2) is 0 Å². The van der Waals surface area contributed by atoms with Gasteiger partial charge in [0, 0.05) is 0 Å². The monoisotopic (exact) mass is 243 g/mol. The van der Waals surface area contributed by atoms with Gasteiger partial charge in [-0.1, -0.05) is 0 Å². The van der Waals surface area contributed by atoms with Crippen LogP contribution in [0.2, 0.25) is 0 Å². The van der Waals surface area contributed by atoms with Crippen LogP contribution < -0.4 is 4.74 Å². The fourth-order valence-electron chi connectivity index (χ4n) is 0.907. The summed E-state index contributed by atoms with van der Waals surface area (Å²) >= 11 is 3.22. The summed E-state index contributed by atoms with van der Waals surface area (Å²) in [7, 11) is 0. The molecule has 0 fully saturated rings. The Hall–Kier alpha value is -0.900. The molecule has 13 heavy (non-hydrogen) atoms. The van der Waals surface area contributed by atoms with Crippen LogP contribution in [0.1, 0.15) is 13.8 Å². The molecule has 0 unspecified atom stereocenters. The maximum absolute atomic E-state index is 10.2. The van der Waals surface area contributed by atoms with E-state index in [9.17, 15) is 4.91 Å². The zero-order valence-corrected chi connectivity index (χ0v) is 9.04. The molecule has 0 saturated heterocycles. The quantitative estimate of drug-likeness (QED) is 0.761. The van der Waals surface area contributed by atoms with Crippen molar-refractivity contribution in [3.05, 3.63) is 27.6 Å². The molecule has 1 aromatic carbocycles. The van der Waals surface area contributed by atoms with Crippen LogP contribution in [-0.4, -0.2) is 6.10 Å². The third-order valence-corrected chi connectivity index (χ3v) is 2.02. The van der Waals surface area contributed by atoms with E-state index in [1.165, 1.54) is 0 Å². The van der Waals surface area contributed by atoms with Crippen LogP contribution in [0.5, 0.6) is 5.75 Å². The fraction of sp³-hybridized carbons (Fsp3) is 0.333. The van der Waals surface area contributed by atoms with Crippen molar-refractivity contribution in [2.45, 2.75) is 20.0 Å².